The highest BCUT2D eigenvalue weighted by molar-refractivity contribution is 6.35. The van der Waals surface area contributed by atoms with E-state index in [-0.39, 0.29) is 11.7 Å². The Kier molecular flexibility index (Phi) is 2.89. The van der Waals surface area contributed by atoms with Gasteiger partial charge in [-0.15, -0.1) is 0 Å². The zero-order chi connectivity index (χ0) is 10.9. The summed E-state index contributed by atoms with van der Waals surface area (Å²) in [5, 5.41) is -0.114. The molecule has 0 aliphatic heterocycles. The molecular formula is C8H9ClF2N2O. The fraction of sp³-hybridized carbons (Fsp3) is 0.500. The first-order valence-electron chi connectivity index (χ1n) is 3.99. The first-order chi connectivity index (χ1) is 6.34. The number of ketones is 1. The molecule has 0 aliphatic rings. The lowest BCUT2D eigenvalue weighted by Gasteiger charge is -2.11. The molecule has 1 heterocycles. The lowest BCUT2D eigenvalue weighted by atomic mass is 10.2. The summed E-state index contributed by atoms with van der Waals surface area (Å²) in [5.74, 6) is -1.43. The van der Waals surface area contributed by atoms with Gasteiger partial charge in [0.05, 0.1) is 0 Å². The van der Waals surface area contributed by atoms with Crippen LogP contribution in [-0.4, -0.2) is 20.9 Å². The van der Waals surface area contributed by atoms with Crippen LogP contribution in [0.5, 0.6) is 0 Å². The number of Topliss-reactive ketones (excluding diaryl/α,β-unsaturated/α-hetero) is 1. The summed E-state index contributed by atoms with van der Waals surface area (Å²) >= 11 is 4.63. The van der Waals surface area contributed by atoms with Crippen molar-refractivity contribution in [3.63, 3.8) is 0 Å². The van der Waals surface area contributed by atoms with Crippen molar-refractivity contribution in [3.05, 3.63) is 18.0 Å². The smallest absolute Gasteiger partial charge is 0.284 e. The highest BCUT2D eigenvalue weighted by atomic mass is 35.5. The molecule has 6 heteroatoms. The van der Waals surface area contributed by atoms with Crippen LogP contribution in [0.15, 0.2) is 12.3 Å². The molecule has 1 aromatic rings. The number of rotatable bonds is 3. The van der Waals surface area contributed by atoms with Crippen LogP contribution in [0.3, 0.4) is 0 Å². The Morgan fingerprint density at radius 3 is 2.64 bits per heavy atom. The van der Waals surface area contributed by atoms with Crippen LogP contribution in [0, 0.1) is 0 Å². The van der Waals surface area contributed by atoms with E-state index in [9.17, 15) is 13.6 Å². The van der Waals surface area contributed by atoms with Crippen molar-refractivity contribution in [2.24, 2.45) is 0 Å². The lowest BCUT2D eigenvalue weighted by Crippen LogP contribution is -2.25. The first-order valence-corrected chi connectivity index (χ1v) is 4.37. The number of carbonyl (C=O) groups excluding carboxylic acids is 1. The fourth-order valence-electron chi connectivity index (χ4n) is 1.05. The van der Waals surface area contributed by atoms with E-state index in [1.807, 2.05) is 0 Å². The van der Waals surface area contributed by atoms with Crippen molar-refractivity contribution >= 4 is 17.4 Å². The van der Waals surface area contributed by atoms with Crippen LogP contribution in [0.4, 0.5) is 8.78 Å². The molecule has 0 saturated carbocycles. The van der Waals surface area contributed by atoms with Gasteiger partial charge in [-0.3, -0.25) is 9.48 Å². The summed E-state index contributed by atoms with van der Waals surface area (Å²) in [4.78, 5) is 11.1. The number of hydrogen-bond acceptors (Lipinski definition) is 2. The van der Waals surface area contributed by atoms with Crippen molar-refractivity contribution in [3.8, 4) is 0 Å². The molecule has 0 unspecified atom stereocenters. The molecule has 78 valence electrons. The van der Waals surface area contributed by atoms with Gasteiger partial charge in [0.15, 0.2) is 0 Å². The molecule has 0 aromatic carbocycles. The molecule has 0 radical (unpaired) electrons. The predicted octanol–water partition coefficient (Wildman–Crippen LogP) is 2.48. The van der Waals surface area contributed by atoms with Crippen LogP contribution < -0.4 is 0 Å². The summed E-state index contributed by atoms with van der Waals surface area (Å²) in [5.41, 5.74) is -0.181. The van der Waals surface area contributed by atoms with Crippen molar-refractivity contribution in [2.75, 3.05) is 0 Å². The number of aromatic nitrogens is 2. The number of nitrogens with zero attached hydrogens (tertiary/aromatic N) is 2. The second-order valence-corrected chi connectivity index (χ2v) is 3.56. The minimum Gasteiger partial charge on any atom is -0.284 e. The molecule has 0 amide bonds. The highest BCUT2D eigenvalue weighted by Crippen LogP contribution is 2.25. The van der Waals surface area contributed by atoms with Gasteiger partial charge in [0, 0.05) is 12.2 Å². The zero-order valence-electron chi connectivity index (χ0n) is 7.67. The normalized spacial score (nSPS) is 12.1. The van der Waals surface area contributed by atoms with Crippen LogP contribution >= 0.6 is 11.6 Å². The molecule has 0 spiro atoms. The van der Waals surface area contributed by atoms with Crippen LogP contribution in [0.2, 0.25) is 0 Å². The number of alkyl halides is 3. The van der Waals surface area contributed by atoms with E-state index in [1.165, 1.54) is 16.9 Å². The standard InChI is InChI=1S/C8H9ClF2N2O/c1-5(2)13-6(3-4-12-13)7(14)8(9,10)11/h3-5H,1-2H3. The van der Waals surface area contributed by atoms with E-state index in [0.717, 1.165) is 0 Å². The van der Waals surface area contributed by atoms with Crippen LogP contribution in [0.25, 0.3) is 0 Å². The Balaban J connectivity index is 3.08. The summed E-state index contributed by atoms with van der Waals surface area (Å²) in [7, 11) is 0. The Morgan fingerprint density at radius 1 is 1.64 bits per heavy atom. The van der Waals surface area contributed by atoms with Gasteiger partial charge in [-0.1, -0.05) is 0 Å². The summed E-state index contributed by atoms with van der Waals surface area (Å²) in [6.45, 7) is 3.46. The van der Waals surface area contributed by atoms with Gasteiger partial charge < -0.3 is 0 Å². The molecule has 14 heavy (non-hydrogen) atoms. The predicted molar refractivity (Wildman–Crippen MR) is 47.7 cm³/mol. The quantitative estimate of drug-likeness (QED) is 0.582. The molecule has 0 atom stereocenters. The molecule has 0 N–H and O–H groups in total. The Hall–Kier alpha value is -0.970. The maximum atomic E-state index is 12.5. The van der Waals surface area contributed by atoms with Crippen molar-refractivity contribution in [1.82, 2.24) is 9.78 Å². The zero-order valence-corrected chi connectivity index (χ0v) is 8.42. The third-order valence-corrected chi connectivity index (χ3v) is 1.82. The largest absolute Gasteiger partial charge is 0.386 e. The van der Waals surface area contributed by atoms with Gasteiger partial charge in [-0.25, -0.2) is 0 Å². The number of halogens is 3. The van der Waals surface area contributed by atoms with Gasteiger partial charge >= 0.3 is 5.38 Å². The number of carbonyl (C=O) groups is 1. The third-order valence-electron chi connectivity index (χ3n) is 1.65. The molecule has 0 bridgehead atoms. The van der Waals surface area contributed by atoms with E-state index in [4.69, 9.17) is 0 Å². The molecule has 1 rings (SSSR count). The highest BCUT2D eigenvalue weighted by Gasteiger charge is 2.38. The molecule has 0 aliphatic carbocycles. The van der Waals surface area contributed by atoms with Crippen molar-refractivity contribution < 1.29 is 13.6 Å². The van der Waals surface area contributed by atoms with E-state index >= 15 is 0 Å². The Labute approximate surface area is 84.7 Å². The van der Waals surface area contributed by atoms with Gasteiger partial charge in [0.1, 0.15) is 5.69 Å². The van der Waals surface area contributed by atoms with Gasteiger partial charge in [-0.2, -0.15) is 13.9 Å². The summed E-state index contributed by atoms with van der Waals surface area (Å²) in [6.07, 6.45) is 1.29. The molecule has 3 nitrogen and oxygen atoms in total. The Bertz CT molecular complexity index is 343. The summed E-state index contributed by atoms with van der Waals surface area (Å²) in [6, 6.07) is 1.06. The molecule has 0 fully saturated rings. The van der Waals surface area contributed by atoms with Crippen molar-refractivity contribution in [1.29, 1.82) is 0 Å². The minimum absolute atomic E-state index is 0.164. The monoisotopic (exact) mass is 222 g/mol. The average molecular weight is 223 g/mol. The maximum Gasteiger partial charge on any atom is 0.386 e. The number of hydrogen-bond donors (Lipinski definition) is 0. The Morgan fingerprint density at radius 2 is 2.21 bits per heavy atom. The lowest BCUT2D eigenvalue weighted by molar-refractivity contribution is 0.0522. The van der Waals surface area contributed by atoms with E-state index in [1.54, 1.807) is 13.8 Å². The van der Waals surface area contributed by atoms with Gasteiger partial charge in [0.2, 0.25) is 0 Å². The third kappa shape index (κ3) is 2.09. The van der Waals surface area contributed by atoms with Crippen LogP contribution in [0.1, 0.15) is 30.4 Å². The topological polar surface area (TPSA) is 34.9 Å². The maximum absolute atomic E-state index is 12.5. The SMILES string of the molecule is CC(C)n1nccc1C(=O)C(F)(F)Cl. The van der Waals surface area contributed by atoms with E-state index in [2.05, 4.69) is 16.7 Å². The van der Waals surface area contributed by atoms with E-state index in [0.29, 0.717) is 0 Å². The summed E-state index contributed by atoms with van der Waals surface area (Å²) < 4.78 is 26.2. The van der Waals surface area contributed by atoms with Crippen molar-refractivity contribution in [2.45, 2.75) is 25.3 Å². The first kappa shape index (κ1) is 11.1. The molecular weight excluding hydrogens is 214 g/mol. The van der Waals surface area contributed by atoms with Crippen LogP contribution in [-0.2, 0) is 0 Å². The molecule has 0 saturated heterocycles. The van der Waals surface area contributed by atoms with Gasteiger partial charge in [-0.05, 0) is 31.5 Å². The average Bonchev–Trinajstić information content (AvgIpc) is 2.48. The van der Waals surface area contributed by atoms with E-state index < -0.39 is 11.2 Å². The van der Waals surface area contributed by atoms with Gasteiger partial charge in [0.25, 0.3) is 5.78 Å². The second kappa shape index (κ2) is 3.65. The molecule has 1 aromatic heterocycles. The second-order valence-electron chi connectivity index (χ2n) is 3.08. The fourth-order valence-corrected chi connectivity index (χ4v) is 1.15. The minimum atomic E-state index is -3.87.